The molecule has 0 aliphatic carbocycles. The number of nitrogens with zero attached hydrogens (tertiary/aromatic N) is 5. The van der Waals surface area contributed by atoms with E-state index in [4.69, 9.17) is 25.5 Å². The molecular weight excluding hydrogens is 560 g/mol. The average molecular weight is 597 g/mol. The van der Waals surface area contributed by atoms with Crippen LogP contribution < -0.4 is 10.1 Å². The van der Waals surface area contributed by atoms with Crippen LogP contribution >= 0.6 is 11.6 Å². The van der Waals surface area contributed by atoms with Gasteiger partial charge in [-0.3, -0.25) is 4.79 Å². The summed E-state index contributed by atoms with van der Waals surface area (Å²) in [5, 5.41) is 8.56. The Balaban J connectivity index is 1.54. The molecule has 1 atom stereocenters. The molecule has 1 amide bonds. The molecule has 3 heterocycles. The van der Waals surface area contributed by atoms with Crippen molar-refractivity contribution in [2.75, 3.05) is 25.1 Å². The van der Waals surface area contributed by atoms with E-state index >= 15 is 0 Å². The Kier molecular flexibility index (Phi) is 9.43. The third-order valence-corrected chi connectivity index (χ3v) is 12.2. The third-order valence-electron chi connectivity index (χ3n) is 7.27. The Morgan fingerprint density at radius 1 is 1.07 bits per heavy atom. The van der Waals surface area contributed by atoms with Crippen LogP contribution in [0.2, 0.25) is 23.2 Å². The van der Waals surface area contributed by atoms with E-state index in [0.717, 1.165) is 16.8 Å². The number of anilines is 1. The van der Waals surface area contributed by atoms with Crippen LogP contribution in [0.15, 0.2) is 49.1 Å². The largest absolute Gasteiger partial charge is 0.461 e. The van der Waals surface area contributed by atoms with Gasteiger partial charge in [0.1, 0.15) is 17.5 Å². The van der Waals surface area contributed by atoms with E-state index in [1.165, 1.54) is 6.33 Å². The van der Waals surface area contributed by atoms with Crippen molar-refractivity contribution in [2.45, 2.75) is 58.9 Å². The fourth-order valence-corrected chi connectivity index (χ4v) is 4.92. The lowest BCUT2D eigenvalue weighted by molar-refractivity contribution is -0.125. The van der Waals surface area contributed by atoms with Crippen LogP contribution in [0, 0.1) is 13.8 Å². The molecule has 10 nitrogen and oxygen atoms in total. The molecule has 4 rings (SSSR count). The summed E-state index contributed by atoms with van der Waals surface area (Å²) in [4.78, 5) is 26.4. The van der Waals surface area contributed by atoms with Crippen molar-refractivity contribution in [2.24, 2.45) is 0 Å². The number of carbonyl (C=O) groups excluding carboxylic acids is 1. The number of nitrogens with one attached hydrogen (secondary N) is 1. The fourth-order valence-electron chi connectivity index (χ4n) is 3.73. The summed E-state index contributed by atoms with van der Waals surface area (Å²) in [6.45, 7) is 15.5. The molecule has 12 heteroatoms. The van der Waals surface area contributed by atoms with Crippen LogP contribution in [0.5, 0.6) is 5.88 Å². The highest BCUT2D eigenvalue weighted by Gasteiger charge is 2.37. The number of hydrogen-bond donors (Lipinski definition) is 1. The first-order valence-electron chi connectivity index (χ1n) is 13.4. The van der Waals surface area contributed by atoms with E-state index in [-0.39, 0.29) is 17.5 Å². The van der Waals surface area contributed by atoms with Crippen molar-refractivity contribution in [1.82, 2.24) is 24.7 Å². The van der Waals surface area contributed by atoms with E-state index in [9.17, 15) is 4.79 Å². The topological polar surface area (TPSA) is 113 Å². The van der Waals surface area contributed by atoms with Gasteiger partial charge in [0.05, 0.1) is 31.7 Å². The summed E-state index contributed by atoms with van der Waals surface area (Å²) >= 11 is 6.34. The lowest BCUT2D eigenvalue weighted by atomic mass is 10.2. The maximum Gasteiger partial charge on any atom is 0.269 e. The highest BCUT2D eigenvalue weighted by molar-refractivity contribution is 6.74. The first-order valence-corrected chi connectivity index (χ1v) is 16.7. The molecule has 0 bridgehead atoms. The first kappa shape index (κ1) is 30.6. The predicted molar refractivity (Wildman–Crippen MR) is 162 cm³/mol. The summed E-state index contributed by atoms with van der Waals surface area (Å²) in [5.74, 6) is 0.197. The summed E-state index contributed by atoms with van der Waals surface area (Å²) in [5.41, 5.74) is 3.14. The lowest BCUT2D eigenvalue weighted by Crippen LogP contribution is -2.42. The molecule has 3 aromatic heterocycles. The fraction of sp³-hybridized carbons (Fsp3) is 0.414. The smallest absolute Gasteiger partial charge is 0.269 e. The van der Waals surface area contributed by atoms with Gasteiger partial charge >= 0.3 is 0 Å². The Morgan fingerprint density at radius 2 is 1.85 bits per heavy atom. The van der Waals surface area contributed by atoms with Crippen molar-refractivity contribution in [3.63, 3.8) is 0 Å². The van der Waals surface area contributed by atoms with Gasteiger partial charge in [-0.15, -0.1) is 0 Å². The molecule has 0 fully saturated rings. The maximum atomic E-state index is 13.3. The molecule has 0 saturated carbocycles. The quantitative estimate of drug-likeness (QED) is 0.168. The molecule has 0 aliphatic heterocycles. The molecule has 1 aromatic carbocycles. The van der Waals surface area contributed by atoms with Gasteiger partial charge < -0.3 is 19.2 Å². The average Bonchev–Trinajstić information content (AvgIpc) is 3.35. The highest BCUT2D eigenvalue weighted by atomic mass is 35.5. The second-order valence-electron chi connectivity index (χ2n) is 11.4. The molecule has 0 aliphatic rings. The summed E-state index contributed by atoms with van der Waals surface area (Å²) in [7, 11) is -1.92. The summed E-state index contributed by atoms with van der Waals surface area (Å²) < 4.78 is 19.9. The van der Waals surface area contributed by atoms with E-state index in [0.29, 0.717) is 35.1 Å². The van der Waals surface area contributed by atoms with Crippen molar-refractivity contribution in [3.8, 4) is 11.6 Å². The minimum Gasteiger partial charge on any atom is -0.461 e. The van der Waals surface area contributed by atoms with Gasteiger partial charge in [0.2, 0.25) is 12.0 Å². The van der Waals surface area contributed by atoms with E-state index in [2.05, 4.69) is 59.2 Å². The maximum absolute atomic E-state index is 13.3. The van der Waals surface area contributed by atoms with Crippen molar-refractivity contribution >= 4 is 42.7 Å². The second kappa shape index (κ2) is 12.6. The third kappa shape index (κ3) is 7.28. The molecule has 0 unspecified atom stereocenters. The van der Waals surface area contributed by atoms with Gasteiger partial charge in [0.25, 0.3) is 5.91 Å². The zero-order valence-corrected chi connectivity index (χ0v) is 26.3. The molecule has 218 valence electrons. The van der Waals surface area contributed by atoms with Gasteiger partial charge in [-0.25, -0.2) is 19.6 Å². The van der Waals surface area contributed by atoms with Crippen LogP contribution in [0.1, 0.15) is 31.9 Å². The molecule has 0 spiro atoms. The van der Waals surface area contributed by atoms with Gasteiger partial charge in [0.15, 0.2) is 14.0 Å². The zero-order valence-electron chi connectivity index (χ0n) is 24.6. The SMILES string of the molecule is Cc1ccc(NC(=O)[C@H](COCCO[Si](C)(C)C(C)(C)C)Oc2ncnc3c2cnn3-c2cccc(Cl)c2C)nc1. The molecular formula is C29H37ClN6O4Si. The lowest BCUT2D eigenvalue weighted by Gasteiger charge is -2.36. The number of aryl methyl sites for hydroxylation is 1. The standard InChI is InChI=1S/C29H37ClN6O4Si/c1-19-11-12-25(31-15-19)35-27(37)24(17-38-13-14-39-41(6,7)29(3,4)5)40-28-21-16-34-36(26(21)32-18-33-28)23-10-8-9-22(30)20(23)2/h8-12,15-16,18,24H,13-14,17H2,1-7H3,(H,31,35,37)/t24-/m0/s1. The number of rotatable bonds is 11. The number of halogens is 1. The second-order valence-corrected chi connectivity index (χ2v) is 16.6. The molecule has 41 heavy (non-hydrogen) atoms. The number of pyridine rings is 1. The van der Waals surface area contributed by atoms with Crippen molar-refractivity contribution in [1.29, 1.82) is 0 Å². The van der Waals surface area contributed by atoms with Crippen LogP contribution in [0.4, 0.5) is 5.82 Å². The van der Waals surface area contributed by atoms with Gasteiger partial charge in [-0.2, -0.15) is 5.10 Å². The number of aromatic nitrogens is 5. The van der Waals surface area contributed by atoms with Crippen LogP contribution in [-0.4, -0.2) is 64.9 Å². The van der Waals surface area contributed by atoms with E-state index in [1.54, 1.807) is 23.1 Å². The van der Waals surface area contributed by atoms with Gasteiger partial charge in [-0.1, -0.05) is 44.5 Å². The number of carbonyl (C=O) groups is 1. The van der Waals surface area contributed by atoms with Gasteiger partial charge in [-0.05, 0) is 61.3 Å². The molecule has 0 saturated heterocycles. The summed E-state index contributed by atoms with van der Waals surface area (Å²) in [6, 6.07) is 9.17. The van der Waals surface area contributed by atoms with Crippen molar-refractivity contribution < 1.29 is 18.7 Å². The molecule has 0 radical (unpaired) electrons. The number of amides is 1. The van der Waals surface area contributed by atoms with Crippen LogP contribution in [0.25, 0.3) is 16.7 Å². The Morgan fingerprint density at radius 3 is 2.56 bits per heavy atom. The highest BCUT2D eigenvalue weighted by Crippen LogP contribution is 2.36. The number of hydrogen-bond acceptors (Lipinski definition) is 8. The van der Waals surface area contributed by atoms with Crippen LogP contribution in [-0.2, 0) is 14.0 Å². The van der Waals surface area contributed by atoms with Crippen molar-refractivity contribution in [3.05, 3.63) is 65.2 Å². The minimum atomic E-state index is -1.92. The van der Waals surface area contributed by atoms with E-state index in [1.807, 2.05) is 38.1 Å². The molecule has 1 N–H and O–H groups in total. The van der Waals surface area contributed by atoms with E-state index < -0.39 is 20.3 Å². The summed E-state index contributed by atoms with van der Waals surface area (Å²) in [6.07, 6.45) is 3.64. The normalized spacial score (nSPS) is 12.9. The number of ether oxygens (including phenoxy) is 2. The van der Waals surface area contributed by atoms with Gasteiger partial charge in [0, 0.05) is 11.2 Å². The number of benzene rings is 1. The zero-order chi connectivity index (χ0) is 29.8. The Bertz CT molecular complexity index is 1500. The molecule has 4 aromatic rings. The van der Waals surface area contributed by atoms with Crippen LogP contribution in [0.3, 0.4) is 0 Å². The Hall–Kier alpha value is -3.38. The monoisotopic (exact) mass is 596 g/mol. The Labute approximate surface area is 246 Å². The predicted octanol–water partition coefficient (Wildman–Crippen LogP) is 5.91. The first-order chi connectivity index (χ1) is 19.4. The minimum absolute atomic E-state index is 0.0222. The number of fused-ring (bicyclic) bond motifs is 1.